The van der Waals surface area contributed by atoms with Crippen LogP contribution in [0, 0.1) is 3.83 Å². The Morgan fingerprint density at radius 3 is 2.85 bits per heavy atom. The molecule has 2 rings (SSSR count). The van der Waals surface area contributed by atoms with Crippen molar-refractivity contribution >= 4 is 28.2 Å². The van der Waals surface area contributed by atoms with Crippen LogP contribution in [-0.4, -0.2) is 14.6 Å². The van der Waals surface area contributed by atoms with Gasteiger partial charge in [-0.05, 0) is 18.1 Å². The van der Waals surface area contributed by atoms with Crippen molar-refractivity contribution in [2.75, 3.05) is 0 Å². The molecule has 68 valence electrons. The second kappa shape index (κ2) is 3.25. The number of nitrogens with zero attached hydrogens (tertiary/aromatic N) is 3. The third kappa shape index (κ3) is 1.54. The molecule has 0 spiro atoms. The number of hydrogen-bond donors (Lipinski definition) is 0. The summed E-state index contributed by atoms with van der Waals surface area (Å²) in [5.74, 6) is 0.473. The second-order valence-corrected chi connectivity index (χ2v) is 4.22. The normalized spacial score (nSPS) is 11.4. The van der Waals surface area contributed by atoms with E-state index >= 15 is 0 Å². The summed E-state index contributed by atoms with van der Waals surface area (Å²) in [6, 6.07) is 6.08. The van der Waals surface area contributed by atoms with E-state index in [0.717, 1.165) is 9.48 Å². The summed E-state index contributed by atoms with van der Waals surface area (Å²) < 4.78 is 2.71. The Morgan fingerprint density at radius 1 is 1.38 bits per heavy atom. The van der Waals surface area contributed by atoms with E-state index in [9.17, 15) is 0 Å². The number of aromatic nitrogens is 3. The molecule has 3 nitrogen and oxygen atoms in total. The maximum Gasteiger partial charge on any atom is 0.212 e. The van der Waals surface area contributed by atoms with Crippen molar-refractivity contribution in [1.29, 1.82) is 0 Å². The molecule has 4 heteroatoms. The van der Waals surface area contributed by atoms with E-state index in [4.69, 9.17) is 0 Å². The average Bonchev–Trinajstić information content (AvgIpc) is 2.43. The fraction of sp³-hybridized carbons (Fsp3) is 0.333. The molecule has 0 bridgehead atoms. The quantitative estimate of drug-likeness (QED) is 0.754. The summed E-state index contributed by atoms with van der Waals surface area (Å²) in [4.78, 5) is 4.29. The van der Waals surface area contributed by atoms with Crippen LogP contribution in [0.4, 0.5) is 0 Å². The van der Waals surface area contributed by atoms with E-state index < -0.39 is 0 Å². The number of fused-ring (bicyclic) bond motifs is 1. The highest BCUT2D eigenvalue weighted by Gasteiger charge is 2.07. The molecular formula is C9H10IN3. The van der Waals surface area contributed by atoms with Gasteiger partial charge in [0.15, 0.2) is 5.65 Å². The van der Waals surface area contributed by atoms with E-state index in [1.807, 2.05) is 16.6 Å². The van der Waals surface area contributed by atoms with Gasteiger partial charge in [0.25, 0.3) is 0 Å². The number of rotatable bonds is 1. The van der Waals surface area contributed by atoms with Crippen LogP contribution < -0.4 is 0 Å². The third-order valence-electron chi connectivity index (χ3n) is 1.95. The van der Waals surface area contributed by atoms with Gasteiger partial charge in [-0.3, -0.25) is 0 Å². The Kier molecular flexibility index (Phi) is 2.23. The van der Waals surface area contributed by atoms with Crippen molar-refractivity contribution in [3.8, 4) is 0 Å². The van der Waals surface area contributed by atoms with Crippen LogP contribution in [0.1, 0.15) is 25.5 Å². The average molecular weight is 287 g/mol. The lowest BCUT2D eigenvalue weighted by Gasteiger charge is -2.05. The van der Waals surface area contributed by atoms with Crippen molar-refractivity contribution < 1.29 is 0 Å². The second-order valence-electron chi connectivity index (χ2n) is 3.26. The molecular weight excluding hydrogens is 277 g/mol. The minimum atomic E-state index is 0.473. The molecule has 0 N–H and O–H groups in total. The molecule has 0 fully saturated rings. The maximum atomic E-state index is 4.33. The van der Waals surface area contributed by atoms with Gasteiger partial charge >= 0.3 is 0 Å². The minimum Gasteiger partial charge on any atom is -0.217 e. The summed E-state index contributed by atoms with van der Waals surface area (Å²) in [6.07, 6.45) is 0. The van der Waals surface area contributed by atoms with Crippen molar-refractivity contribution in [2.24, 2.45) is 0 Å². The topological polar surface area (TPSA) is 30.2 Å². The molecule has 2 aromatic rings. The number of pyridine rings is 1. The molecule has 0 atom stereocenters. The van der Waals surface area contributed by atoms with Gasteiger partial charge in [0, 0.05) is 28.3 Å². The molecule has 0 aliphatic heterocycles. The molecule has 0 amide bonds. The zero-order valence-corrected chi connectivity index (χ0v) is 9.69. The van der Waals surface area contributed by atoms with Crippen LogP contribution >= 0.6 is 22.6 Å². The van der Waals surface area contributed by atoms with Gasteiger partial charge in [-0.1, -0.05) is 19.9 Å². The monoisotopic (exact) mass is 287 g/mol. The molecule has 0 aliphatic carbocycles. The first kappa shape index (κ1) is 8.93. The lowest BCUT2D eigenvalue weighted by atomic mass is 10.1. The summed E-state index contributed by atoms with van der Waals surface area (Å²) in [6.45, 7) is 4.31. The minimum absolute atomic E-state index is 0.473. The number of hydrogen-bond acceptors (Lipinski definition) is 2. The van der Waals surface area contributed by atoms with E-state index in [2.05, 4.69) is 52.6 Å². The van der Waals surface area contributed by atoms with E-state index in [1.54, 1.807) is 0 Å². The third-order valence-corrected chi connectivity index (χ3v) is 2.41. The SMILES string of the molecule is CC(C)c1cccc2nc(I)nn12. The van der Waals surface area contributed by atoms with Gasteiger partial charge in [-0.15, -0.1) is 5.10 Å². The van der Waals surface area contributed by atoms with Gasteiger partial charge in [0.05, 0.1) is 0 Å². The fourth-order valence-corrected chi connectivity index (χ4v) is 1.80. The van der Waals surface area contributed by atoms with Gasteiger partial charge in [-0.25, -0.2) is 9.50 Å². The predicted octanol–water partition coefficient (Wildman–Crippen LogP) is 2.46. The van der Waals surface area contributed by atoms with Crippen LogP contribution in [0.15, 0.2) is 18.2 Å². The molecule has 0 unspecified atom stereocenters. The highest BCUT2D eigenvalue weighted by atomic mass is 127. The molecule has 0 aromatic carbocycles. The van der Waals surface area contributed by atoms with Crippen LogP contribution in [0.2, 0.25) is 0 Å². The lowest BCUT2D eigenvalue weighted by molar-refractivity contribution is 0.754. The van der Waals surface area contributed by atoms with Gasteiger partial charge in [0.1, 0.15) is 0 Å². The Labute approximate surface area is 90.3 Å². The van der Waals surface area contributed by atoms with Gasteiger partial charge < -0.3 is 0 Å². The van der Waals surface area contributed by atoms with Crippen molar-refractivity contribution in [3.63, 3.8) is 0 Å². The first-order valence-electron chi connectivity index (χ1n) is 4.19. The zero-order valence-electron chi connectivity index (χ0n) is 7.53. The summed E-state index contributed by atoms with van der Waals surface area (Å²) in [5.41, 5.74) is 2.13. The van der Waals surface area contributed by atoms with E-state index in [-0.39, 0.29) is 0 Å². The van der Waals surface area contributed by atoms with Crippen molar-refractivity contribution in [3.05, 3.63) is 27.7 Å². The molecule has 0 saturated heterocycles. The summed E-state index contributed by atoms with van der Waals surface area (Å²) in [7, 11) is 0. The molecule has 13 heavy (non-hydrogen) atoms. The highest BCUT2D eigenvalue weighted by molar-refractivity contribution is 14.1. The Bertz CT molecular complexity index is 433. The first-order chi connectivity index (χ1) is 6.18. The molecule has 0 aliphatic rings. The lowest BCUT2D eigenvalue weighted by Crippen LogP contribution is -1.99. The Balaban J connectivity index is 2.75. The fourth-order valence-electron chi connectivity index (χ4n) is 1.34. The standard InChI is InChI=1S/C9H10IN3/c1-6(2)7-4-3-5-8-11-9(10)12-13(7)8/h3-6H,1-2H3. The Morgan fingerprint density at radius 2 is 2.15 bits per heavy atom. The van der Waals surface area contributed by atoms with Crippen LogP contribution in [0.3, 0.4) is 0 Å². The smallest absolute Gasteiger partial charge is 0.212 e. The van der Waals surface area contributed by atoms with Gasteiger partial charge in [-0.2, -0.15) is 0 Å². The van der Waals surface area contributed by atoms with Crippen LogP contribution in [0.5, 0.6) is 0 Å². The molecule has 0 saturated carbocycles. The summed E-state index contributed by atoms with van der Waals surface area (Å²) in [5, 5.41) is 4.33. The van der Waals surface area contributed by atoms with Crippen molar-refractivity contribution in [1.82, 2.24) is 14.6 Å². The van der Waals surface area contributed by atoms with Gasteiger partial charge in [0.2, 0.25) is 3.83 Å². The van der Waals surface area contributed by atoms with Crippen LogP contribution in [0.25, 0.3) is 5.65 Å². The summed E-state index contributed by atoms with van der Waals surface area (Å²) >= 11 is 2.13. The first-order valence-corrected chi connectivity index (χ1v) is 5.27. The zero-order chi connectivity index (χ0) is 9.42. The van der Waals surface area contributed by atoms with Crippen LogP contribution in [-0.2, 0) is 0 Å². The predicted molar refractivity (Wildman–Crippen MR) is 59.8 cm³/mol. The maximum absolute atomic E-state index is 4.33. The highest BCUT2D eigenvalue weighted by Crippen LogP contribution is 2.15. The molecule has 2 heterocycles. The largest absolute Gasteiger partial charge is 0.217 e. The van der Waals surface area contributed by atoms with E-state index in [0.29, 0.717) is 5.92 Å². The Hall–Kier alpha value is -0.650. The molecule has 2 aromatic heterocycles. The molecule has 0 radical (unpaired) electrons. The van der Waals surface area contributed by atoms with E-state index in [1.165, 1.54) is 5.69 Å². The number of halogens is 1. The van der Waals surface area contributed by atoms with Crippen molar-refractivity contribution in [2.45, 2.75) is 19.8 Å².